The summed E-state index contributed by atoms with van der Waals surface area (Å²) in [4.78, 5) is 0.372. The van der Waals surface area contributed by atoms with E-state index in [2.05, 4.69) is 25.8 Å². The zero-order valence-corrected chi connectivity index (χ0v) is 9.30. The van der Waals surface area contributed by atoms with Crippen LogP contribution < -0.4 is 0 Å². The minimum absolute atomic E-state index is 0.105. The first-order valence-corrected chi connectivity index (χ1v) is 5.04. The molecule has 0 aliphatic rings. The molecule has 0 aliphatic carbocycles. The summed E-state index contributed by atoms with van der Waals surface area (Å²) in [7, 11) is 0. The molecule has 1 aromatic carbocycles. The van der Waals surface area contributed by atoms with Gasteiger partial charge in [-0.2, -0.15) is 0 Å². The maximum absolute atomic E-state index is 9.79. The molecule has 0 aliphatic heterocycles. The van der Waals surface area contributed by atoms with Gasteiger partial charge in [0, 0.05) is 16.0 Å². The van der Waals surface area contributed by atoms with E-state index in [1.165, 1.54) is 6.07 Å². The fourth-order valence-electron chi connectivity index (χ4n) is 1.47. The average molecular weight is 222 g/mol. The van der Waals surface area contributed by atoms with Crippen molar-refractivity contribution >= 4 is 12.6 Å². The molecule has 1 aromatic rings. The molecule has 0 fully saturated rings. The van der Waals surface area contributed by atoms with E-state index < -0.39 is 0 Å². The Labute approximate surface area is 95.0 Å². The van der Waals surface area contributed by atoms with Gasteiger partial charge in [-0.25, -0.2) is 0 Å². The van der Waals surface area contributed by atoms with E-state index in [1.807, 2.05) is 0 Å². The van der Waals surface area contributed by atoms with Crippen molar-refractivity contribution in [3.63, 3.8) is 0 Å². The zero-order valence-electron chi connectivity index (χ0n) is 8.40. The Morgan fingerprint density at radius 2 is 1.67 bits per heavy atom. The molecule has 2 N–H and O–H groups in total. The van der Waals surface area contributed by atoms with Crippen LogP contribution in [0.5, 0.6) is 11.5 Å². The van der Waals surface area contributed by atoms with Crippen molar-refractivity contribution in [2.75, 3.05) is 0 Å². The van der Waals surface area contributed by atoms with Crippen LogP contribution in [-0.4, -0.2) is 10.2 Å². The van der Waals surface area contributed by atoms with E-state index in [0.717, 1.165) is 0 Å². The second-order valence-corrected chi connectivity index (χ2v) is 3.69. The van der Waals surface area contributed by atoms with Crippen LogP contribution in [0.2, 0.25) is 0 Å². The highest BCUT2D eigenvalue weighted by Crippen LogP contribution is 2.36. The van der Waals surface area contributed by atoms with Gasteiger partial charge in [-0.05, 0) is 18.9 Å². The lowest BCUT2D eigenvalue weighted by Crippen LogP contribution is -1.94. The number of rotatable bonds is 4. The van der Waals surface area contributed by atoms with Crippen molar-refractivity contribution in [3.8, 4) is 11.5 Å². The molecular weight excluding hydrogens is 208 g/mol. The molecule has 1 rings (SSSR count). The molecule has 2 nitrogen and oxygen atoms in total. The van der Waals surface area contributed by atoms with Crippen molar-refractivity contribution in [3.05, 3.63) is 42.5 Å². The average Bonchev–Trinajstić information content (AvgIpc) is 2.20. The Morgan fingerprint density at radius 3 is 2.20 bits per heavy atom. The lowest BCUT2D eigenvalue weighted by Gasteiger charge is -2.12. The summed E-state index contributed by atoms with van der Waals surface area (Å²) >= 11 is 4.08. The SMILES string of the molecule is C=CCc1c(O)cc(S)c(O)c1CC=C. The quantitative estimate of drug-likeness (QED) is 0.416. The first-order chi connectivity index (χ1) is 7.11. The molecule has 15 heavy (non-hydrogen) atoms. The van der Waals surface area contributed by atoms with E-state index in [0.29, 0.717) is 28.9 Å². The van der Waals surface area contributed by atoms with E-state index in [-0.39, 0.29) is 11.5 Å². The molecule has 0 atom stereocenters. The smallest absolute Gasteiger partial charge is 0.132 e. The Hall–Kier alpha value is -1.35. The normalized spacial score (nSPS) is 9.93. The van der Waals surface area contributed by atoms with Crippen LogP contribution in [0, 0.1) is 0 Å². The topological polar surface area (TPSA) is 40.5 Å². The Morgan fingerprint density at radius 1 is 1.13 bits per heavy atom. The van der Waals surface area contributed by atoms with Gasteiger partial charge in [-0.15, -0.1) is 25.8 Å². The fraction of sp³-hybridized carbons (Fsp3) is 0.167. The Kier molecular flexibility index (Phi) is 3.86. The van der Waals surface area contributed by atoms with Gasteiger partial charge in [-0.1, -0.05) is 12.2 Å². The number of hydrogen-bond acceptors (Lipinski definition) is 3. The predicted octanol–water partition coefficient (Wildman–Crippen LogP) is 2.84. The van der Waals surface area contributed by atoms with E-state index in [1.54, 1.807) is 12.2 Å². The van der Waals surface area contributed by atoms with Crippen molar-refractivity contribution in [2.24, 2.45) is 0 Å². The number of benzene rings is 1. The largest absolute Gasteiger partial charge is 0.508 e. The molecule has 80 valence electrons. The van der Waals surface area contributed by atoms with Gasteiger partial charge in [-0.3, -0.25) is 0 Å². The van der Waals surface area contributed by atoms with Gasteiger partial charge in [0.05, 0.1) is 0 Å². The molecule has 0 spiro atoms. The lowest BCUT2D eigenvalue weighted by atomic mass is 9.99. The molecule has 0 saturated carbocycles. The molecule has 0 aromatic heterocycles. The molecule has 0 amide bonds. The molecule has 0 saturated heterocycles. The van der Waals surface area contributed by atoms with Gasteiger partial charge in [0.15, 0.2) is 0 Å². The van der Waals surface area contributed by atoms with Crippen molar-refractivity contribution in [2.45, 2.75) is 17.7 Å². The van der Waals surface area contributed by atoms with Gasteiger partial charge < -0.3 is 10.2 Å². The second kappa shape index (κ2) is 4.94. The summed E-state index contributed by atoms with van der Waals surface area (Å²) in [6, 6.07) is 1.43. The highest BCUT2D eigenvalue weighted by atomic mass is 32.1. The first kappa shape index (κ1) is 11.7. The van der Waals surface area contributed by atoms with Gasteiger partial charge in [0.1, 0.15) is 11.5 Å². The summed E-state index contributed by atoms with van der Waals surface area (Å²) in [5, 5.41) is 19.5. The molecule has 0 heterocycles. The third-order valence-corrected chi connectivity index (χ3v) is 2.51. The standard InChI is InChI=1S/C12H14O2S/c1-3-5-8-9(6-4-2)12(14)11(15)7-10(8)13/h3-4,7,13-15H,1-2,5-6H2. The van der Waals surface area contributed by atoms with Crippen LogP contribution in [0.3, 0.4) is 0 Å². The monoisotopic (exact) mass is 222 g/mol. The molecule has 0 radical (unpaired) electrons. The van der Waals surface area contributed by atoms with E-state index in [4.69, 9.17) is 0 Å². The number of phenols is 2. The maximum Gasteiger partial charge on any atom is 0.132 e. The predicted molar refractivity (Wildman–Crippen MR) is 64.8 cm³/mol. The summed E-state index contributed by atoms with van der Waals surface area (Å²) in [5.74, 6) is 0.238. The molecular formula is C12H14O2S. The minimum Gasteiger partial charge on any atom is -0.508 e. The van der Waals surface area contributed by atoms with Crippen LogP contribution in [-0.2, 0) is 12.8 Å². The number of phenolic OH excluding ortho intramolecular Hbond substituents is 2. The fourth-order valence-corrected chi connectivity index (χ4v) is 1.73. The number of allylic oxidation sites excluding steroid dienone is 2. The number of thiol groups is 1. The highest BCUT2D eigenvalue weighted by molar-refractivity contribution is 7.80. The minimum atomic E-state index is 0.105. The van der Waals surface area contributed by atoms with Crippen molar-refractivity contribution in [1.82, 2.24) is 0 Å². The van der Waals surface area contributed by atoms with Gasteiger partial charge >= 0.3 is 0 Å². The van der Waals surface area contributed by atoms with Gasteiger partial charge in [0.25, 0.3) is 0 Å². The van der Waals surface area contributed by atoms with Crippen molar-refractivity contribution in [1.29, 1.82) is 0 Å². The molecule has 0 unspecified atom stereocenters. The summed E-state index contributed by atoms with van der Waals surface area (Å²) in [6.45, 7) is 7.23. The number of hydrogen-bond donors (Lipinski definition) is 3. The third-order valence-electron chi connectivity index (χ3n) is 2.17. The first-order valence-electron chi connectivity index (χ1n) is 4.59. The summed E-state index contributed by atoms with van der Waals surface area (Å²) in [6.07, 6.45) is 4.36. The number of aromatic hydroxyl groups is 2. The second-order valence-electron chi connectivity index (χ2n) is 3.21. The Balaban J connectivity index is 3.38. The summed E-state index contributed by atoms with van der Waals surface area (Å²) < 4.78 is 0. The zero-order chi connectivity index (χ0) is 11.4. The van der Waals surface area contributed by atoms with Gasteiger partial charge in [0.2, 0.25) is 0 Å². The van der Waals surface area contributed by atoms with Crippen LogP contribution in [0.1, 0.15) is 11.1 Å². The van der Waals surface area contributed by atoms with Crippen molar-refractivity contribution < 1.29 is 10.2 Å². The third kappa shape index (κ3) is 2.36. The maximum atomic E-state index is 9.79. The molecule has 3 heteroatoms. The highest BCUT2D eigenvalue weighted by Gasteiger charge is 2.13. The van der Waals surface area contributed by atoms with E-state index in [9.17, 15) is 10.2 Å². The van der Waals surface area contributed by atoms with Crippen LogP contribution in [0.4, 0.5) is 0 Å². The molecule has 0 bridgehead atoms. The van der Waals surface area contributed by atoms with E-state index >= 15 is 0 Å². The van der Waals surface area contributed by atoms with Crippen LogP contribution >= 0.6 is 12.6 Å². The van der Waals surface area contributed by atoms with Crippen LogP contribution in [0.25, 0.3) is 0 Å². The summed E-state index contributed by atoms with van der Waals surface area (Å²) in [5.41, 5.74) is 1.34. The lowest BCUT2D eigenvalue weighted by molar-refractivity contribution is 0.439. The Bertz CT molecular complexity index is 397. The van der Waals surface area contributed by atoms with Crippen LogP contribution in [0.15, 0.2) is 36.3 Å².